The van der Waals surface area contributed by atoms with Gasteiger partial charge in [0.1, 0.15) is 5.69 Å². The van der Waals surface area contributed by atoms with Crippen LogP contribution in [0, 0.1) is 83.1 Å². The molecule has 2 N–H and O–H groups in total. The predicted octanol–water partition coefficient (Wildman–Crippen LogP) is 14.6. The SMILES string of the molecule is Cc1cc(C)c(-c2c3nc(c(-c4c(C)cc(C)cc4C)c4ccc([nH]4)c(-c4c(C)cc(C)cc4C)c4nc(c(-c5c(C)cc(C)cc5C)c5ccc2[nH]5)OC4=S)C=C3)c(C)c1. The Morgan fingerprint density at radius 3 is 1.03 bits per heavy atom. The molecule has 0 radical (unpaired) electrons. The number of fused-ring (bicyclic) bond motifs is 8. The summed E-state index contributed by atoms with van der Waals surface area (Å²) in [6.45, 7) is 26.1. The van der Waals surface area contributed by atoms with Crippen molar-refractivity contribution in [3.63, 3.8) is 0 Å². The maximum absolute atomic E-state index is 6.77. The van der Waals surface area contributed by atoms with E-state index in [0.717, 1.165) is 100 Å². The first kappa shape index (κ1) is 40.1. The number of nitrogens with zero attached hydrogens (tertiary/aromatic N) is 2. The lowest BCUT2D eigenvalue weighted by Crippen LogP contribution is -2.04. The van der Waals surface area contributed by atoms with E-state index in [1.54, 1.807) is 0 Å². The van der Waals surface area contributed by atoms with Gasteiger partial charge in [-0.1, -0.05) is 70.8 Å². The van der Waals surface area contributed by atoms with Crippen LogP contribution in [0.5, 0.6) is 5.88 Å². The molecule has 0 saturated heterocycles. The highest BCUT2D eigenvalue weighted by atomic mass is 32.1. The van der Waals surface area contributed by atoms with Crippen LogP contribution in [0.3, 0.4) is 0 Å². The molecule has 2 aliphatic rings. The second kappa shape index (κ2) is 15.0. The summed E-state index contributed by atoms with van der Waals surface area (Å²) in [7, 11) is 0. The number of hydrogen-bond acceptors (Lipinski definition) is 4. The maximum atomic E-state index is 6.77. The van der Waals surface area contributed by atoms with Crippen LogP contribution < -0.4 is 4.74 Å². The first-order valence-electron chi connectivity index (χ1n) is 21.1. The molecule has 304 valence electrons. The van der Waals surface area contributed by atoms with Gasteiger partial charge < -0.3 is 14.7 Å². The van der Waals surface area contributed by atoms with E-state index < -0.39 is 0 Å². The lowest BCUT2D eigenvalue weighted by molar-refractivity contribution is 0.571. The lowest BCUT2D eigenvalue weighted by Gasteiger charge is -2.14. The van der Waals surface area contributed by atoms with Crippen LogP contribution in [-0.4, -0.2) is 25.0 Å². The molecule has 61 heavy (non-hydrogen) atoms. The van der Waals surface area contributed by atoms with E-state index in [9.17, 15) is 0 Å². The second-order valence-corrected chi connectivity index (χ2v) is 17.9. The standard InChI is InChI=1S/C55H52N4OS/c1-27-19-31(5)45(32(6)20-27)49-39-13-14-40(56-39)50(46-33(7)21-28(2)22-34(46)8)42-16-18-44(58-42)52(48-37(11)25-30(4)26-38(48)12)54-59-53(55(61)60-54)51(43-17-15-41(49)57-43)47-35(9)23-29(3)24-36(47)10/h13-26,57-58H,1-12H3. The first-order valence-corrected chi connectivity index (χ1v) is 21.5. The summed E-state index contributed by atoms with van der Waals surface area (Å²) in [5, 5.41) is 0.339. The first-order chi connectivity index (χ1) is 29.1. The normalized spacial score (nSPS) is 12.4. The minimum absolute atomic E-state index is 0.339. The van der Waals surface area contributed by atoms with E-state index in [2.05, 4.69) is 178 Å². The highest BCUT2D eigenvalue weighted by Gasteiger charge is 2.28. The molecule has 0 amide bonds. The van der Waals surface area contributed by atoms with Crippen LogP contribution in [0.25, 0.3) is 78.7 Å². The molecule has 6 heteroatoms. The Kier molecular flexibility index (Phi) is 9.83. The molecule has 0 fully saturated rings. The number of rotatable bonds is 4. The van der Waals surface area contributed by atoms with E-state index in [1.807, 2.05) is 0 Å². The van der Waals surface area contributed by atoms with Crippen molar-refractivity contribution in [3.8, 4) is 50.4 Å². The molecule has 7 aromatic rings. The molecule has 4 aromatic carbocycles. The molecular formula is C55H52N4OS. The maximum Gasteiger partial charge on any atom is 0.231 e. The molecule has 0 spiro atoms. The number of hydrogen-bond donors (Lipinski definition) is 2. The number of nitrogens with one attached hydrogen (secondary N) is 2. The minimum atomic E-state index is 0.339. The smallest absolute Gasteiger partial charge is 0.231 e. The van der Waals surface area contributed by atoms with E-state index >= 15 is 0 Å². The second-order valence-electron chi connectivity index (χ2n) is 17.5. The number of aromatic amines is 2. The average Bonchev–Trinajstić information content (AvgIpc) is 3.99. The zero-order chi connectivity index (χ0) is 43.2. The van der Waals surface area contributed by atoms with Gasteiger partial charge in [-0.25, -0.2) is 9.97 Å². The Balaban J connectivity index is 1.56. The van der Waals surface area contributed by atoms with Crippen molar-refractivity contribution in [2.75, 3.05) is 0 Å². The molecule has 0 aliphatic carbocycles. The summed E-state index contributed by atoms with van der Waals surface area (Å²) in [4.78, 5) is 18.9. The summed E-state index contributed by atoms with van der Waals surface area (Å²) >= 11 is 6.25. The number of H-pyrrole nitrogens is 2. The Morgan fingerprint density at radius 1 is 0.377 bits per heavy atom. The van der Waals surface area contributed by atoms with Gasteiger partial charge in [0.05, 0.1) is 22.5 Å². The summed E-state index contributed by atoms with van der Waals surface area (Å²) in [5.41, 5.74) is 28.6. The van der Waals surface area contributed by atoms with E-state index in [-0.39, 0.29) is 0 Å². The third-order valence-electron chi connectivity index (χ3n) is 12.4. The molecule has 8 bridgehead atoms. The van der Waals surface area contributed by atoms with Crippen LogP contribution >= 0.6 is 12.2 Å². The quantitative estimate of drug-likeness (QED) is 0.174. The van der Waals surface area contributed by atoms with Crippen LogP contribution in [0.15, 0.2) is 72.8 Å². The molecular weight excluding hydrogens is 765 g/mol. The Morgan fingerprint density at radius 2 is 0.672 bits per heavy atom. The van der Waals surface area contributed by atoms with Crippen molar-refractivity contribution >= 4 is 51.5 Å². The molecule has 9 rings (SSSR count). The monoisotopic (exact) mass is 816 g/mol. The summed E-state index contributed by atoms with van der Waals surface area (Å²) in [6.07, 6.45) is 4.37. The van der Waals surface area contributed by atoms with Crippen LogP contribution in [0.2, 0.25) is 0 Å². The van der Waals surface area contributed by atoms with Crippen LogP contribution in [0.1, 0.15) is 83.8 Å². The Bertz CT molecular complexity index is 3170. The number of aryl methyl sites for hydroxylation is 12. The van der Waals surface area contributed by atoms with Crippen molar-refractivity contribution in [1.29, 1.82) is 0 Å². The molecule has 0 atom stereocenters. The predicted molar refractivity (Wildman–Crippen MR) is 261 cm³/mol. The topological polar surface area (TPSA) is 66.6 Å². The summed E-state index contributed by atoms with van der Waals surface area (Å²) in [5.74, 6) is 0.471. The van der Waals surface area contributed by atoms with Gasteiger partial charge in [-0.15, -0.1) is 0 Å². The van der Waals surface area contributed by atoms with Crippen molar-refractivity contribution in [2.24, 2.45) is 0 Å². The van der Waals surface area contributed by atoms with Gasteiger partial charge in [-0.2, -0.15) is 0 Å². The van der Waals surface area contributed by atoms with E-state index in [0.29, 0.717) is 16.6 Å². The third kappa shape index (κ3) is 6.83. The van der Waals surface area contributed by atoms with Gasteiger partial charge in [-0.3, -0.25) is 0 Å². The van der Waals surface area contributed by atoms with Crippen LogP contribution in [-0.2, 0) is 0 Å². The Labute approximate surface area is 364 Å². The zero-order valence-electron chi connectivity index (χ0n) is 37.3. The third-order valence-corrected chi connectivity index (χ3v) is 12.6. The van der Waals surface area contributed by atoms with Crippen molar-refractivity contribution in [1.82, 2.24) is 19.9 Å². The van der Waals surface area contributed by atoms with Gasteiger partial charge in [0, 0.05) is 33.2 Å². The molecule has 2 aliphatic heterocycles. The van der Waals surface area contributed by atoms with E-state index in [1.165, 1.54) is 44.5 Å². The minimum Gasteiger partial charge on any atom is -0.424 e. The fourth-order valence-corrected chi connectivity index (χ4v) is 10.6. The Hall–Kier alpha value is -6.37. The van der Waals surface area contributed by atoms with Crippen molar-refractivity contribution in [2.45, 2.75) is 83.1 Å². The van der Waals surface area contributed by atoms with Gasteiger partial charge in [0.2, 0.25) is 10.9 Å². The van der Waals surface area contributed by atoms with Gasteiger partial charge in [0.15, 0.2) is 0 Å². The fraction of sp³-hybridized carbons (Fsp3) is 0.218. The van der Waals surface area contributed by atoms with Crippen LogP contribution in [0.4, 0.5) is 0 Å². The highest BCUT2D eigenvalue weighted by Crippen LogP contribution is 2.44. The number of thiocarbonyl (C=S) groups is 1. The largest absolute Gasteiger partial charge is 0.424 e. The average molecular weight is 817 g/mol. The molecule has 5 nitrogen and oxygen atoms in total. The van der Waals surface area contributed by atoms with Crippen molar-refractivity contribution < 1.29 is 4.74 Å². The number of benzene rings is 4. The van der Waals surface area contributed by atoms with E-state index in [4.69, 9.17) is 26.9 Å². The fourth-order valence-electron chi connectivity index (χ4n) is 10.4. The number of aromatic nitrogens is 4. The molecule has 0 unspecified atom stereocenters. The summed E-state index contributed by atoms with van der Waals surface area (Å²) < 4.78 is 6.77. The lowest BCUT2D eigenvalue weighted by atomic mass is 9.92. The van der Waals surface area contributed by atoms with Gasteiger partial charge in [-0.05, 0) is 198 Å². The number of ether oxygens (including phenoxy) is 1. The van der Waals surface area contributed by atoms with Gasteiger partial charge in [0.25, 0.3) is 0 Å². The molecule has 5 heterocycles. The zero-order valence-corrected chi connectivity index (χ0v) is 38.1. The molecule has 3 aromatic heterocycles. The van der Waals surface area contributed by atoms with Crippen molar-refractivity contribution in [3.05, 3.63) is 157 Å². The summed E-state index contributed by atoms with van der Waals surface area (Å²) in [6, 6.07) is 26.7. The molecule has 0 saturated carbocycles. The highest BCUT2D eigenvalue weighted by molar-refractivity contribution is 7.80. The van der Waals surface area contributed by atoms with Gasteiger partial charge >= 0.3 is 0 Å².